The number of carbonyl (C=O) groups excluding carboxylic acids is 1. The maximum Gasteiger partial charge on any atom is 0.314 e. The number of carbonyl (C=O) groups is 1. The fraction of sp³-hybridized carbons (Fsp3) is 0.750. The molecule has 0 saturated carbocycles. The number of aliphatic hydroxyl groups is 1. The van der Waals surface area contributed by atoms with Crippen molar-refractivity contribution in [3.8, 4) is 0 Å². The zero-order valence-electron chi connectivity index (χ0n) is 14.5. The third kappa shape index (κ3) is 5.67. The number of rotatable bonds is 8. The summed E-state index contributed by atoms with van der Waals surface area (Å²) in [5.41, 5.74) is 3.44. The molecule has 1 aromatic rings. The first-order valence-electron chi connectivity index (χ1n) is 7.88. The first kappa shape index (κ1) is 18.5. The molecule has 0 atom stereocenters. The second kappa shape index (κ2) is 8.17. The largest absolute Gasteiger partial charge is 0.396 e. The van der Waals surface area contributed by atoms with Crippen LogP contribution in [0.1, 0.15) is 43.6 Å². The summed E-state index contributed by atoms with van der Waals surface area (Å²) in [4.78, 5) is 11.7. The van der Waals surface area contributed by atoms with Crippen LogP contribution in [0.5, 0.6) is 0 Å². The lowest BCUT2D eigenvalue weighted by Crippen LogP contribution is -2.41. The first-order valence-corrected chi connectivity index (χ1v) is 7.88. The first-order chi connectivity index (χ1) is 10.3. The van der Waals surface area contributed by atoms with E-state index in [1.54, 1.807) is 0 Å². The van der Waals surface area contributed by atoms with E-state index in [0.717, 1.165) is 18.5 Å². The van der Waals surface area contributed by atoms with Gasteiger partial charge in [-0.3, -0.25) is 4.68 Å². The number of aryl methyl sites for hydroxylation is 2. The van der Waals surface area contributed by atoms with E-state index in [2.05, 4.69) is 22.7 Å². The van der Waals surface area contributed by atoms with Gasteiger partial charge in [0.15, 0.2) is 0 Å². The molecule has 0 spiro atoms. The van der Waals surface area contributed by atoms with E-state index >= 15 is 0 Å². The summed E-state index contributed by atoms with van der Waals surface area (Å²) < 4.78 is 1.90. The minimum atomic E-state index is -0.148. The van der Waals surface area contributed by atoms with E-state index in [1.807, 2.05) is 32.5 Å². The number of nitrogens with one attached hydrogen (secondary N) is 2. The Labute approximate surface area is 133 Å². The zero-order chi connectivity index (χ0) is 16.8. The molecule has 2 amide bonds. The highest BCUT2D eigenvalue weighted by atomic mass is 16.3. The SMILES string of the molecule is Cc1nn(C)c(C)c1CCCNC(=O)NCC(C)(C)CCO. The lowest BCUT2D eigenvalue weighted by Gasteiger charge is -2.23. The molecule has 3 N–H and O–H groups in total. The lowest BCUT2D eigenvalue weighted by molar-refractivity contribution is 0.201. The van der Waals surface area contributed by atoms with E-state index in [9.17, 15) is 4.79 Å². The van der Waals surface area contributed by atoms with Crippen LogP contribution in [-0.4, -0.2) is 40.6 Å². The van der Waals surface area contributed by atoms with Crippen molar-refractivity contribution in [3.05, 3.63) is 17.0 Å². The van der Waals surface area contributed by atoms with Gasteiger partial charge in [0, 0.05) is 32.4 Å². The van der Waals surface area contributed by atoms with Gasteiger partial charge in [0.2, 0.25) is 0 Å². The summed E-state index contributed by atoms with van der Waals surface area (Å²) in [7, 11) is 1.95. The van der Waals surface area contributed by atoms with Gasteiger partial charge in [0.05, 0.1) is 5.69 Å². The summed E-state index contributed by atoms with van der Waals surface area (Å²) >= 11 is 0. The molecule has 0 radical (unpaired) electrons. The van der Waals surface area contributed by atoms with Gasteiger partial charge in [-0.25, -0.2) is 4.79 Å². The van der Waals surface area contributed by atoms with Gasteiger partial charge in [-0.15, -0.1) is 0 Å². The van der Waals surface area contributed by atoms with Crippen molar-refractivity contribution in [3.63, 3.8) is 0 Å². The van der Waals surface area contributed by atoms with Gasteiger partial charge in [0.1, 0.15) is 0 Å². The number of urea groups is 1. The van der Waals surface area contributed by atoms with Crippen molar-refractivity contribution in [2.45, 2.75) is 47.0 Å². The summed E-state index contributed by atoms with van der Waals surface area (Å²) in [5.74, 6) is 0. The molecule has 126 valence electrons. The van der Waals surface area contributed by atoms with Crippen molar-refractivity contribution in [1.29, 1.82) is 0 Å². The average Bonchev–Trinajstić information content (AvgIpc) is 2.67. The number of nitrogens with zero attached hydrogens (tertiary/aromatic N) is 2. The molecule has 22 heavy (non-hydrogen) atoms. The van der Waals surface area contributed by atoms with E-state index in [0.29, 0.717) is 19.5 Å². The molecule has 0 aliphatic heterocycles. The highest BCUT2D eigenvalue weighted by Crippen LogP contribution is 2.17. The topological polar surface area (TPSA) is 79.2 Å². The van der Waals surface area contributed by atoms with Crippen LogP contribution in [0.15, 0.2) is 0 Å². The Morgan fingerprint density at radius 1 is 1.32 bits per heavy atom. The normalized spacial score (nSPS) is 11.5. The Bertz CT molecular complexity index is 495. The van der Waals surface area contributed by atoms with Crippen molar-refractivity contribution < 1.29 is 9.90 Å². The maximum absolute atomic E-state index is 11.7. The number of aromatic nitrogens is 2. The molecule has 1 heterocycles. The number of aliphatic hydroxyl groups excluding tert-OH is 1. The molecule has 1 rings (SSSR count). The van der Waals surface area contributed by atoms with Crippen LogP contribution < -0.4 is 10.6 Å². The van der Waals surface area contributed by atoms with Crippen LogP contribution in [0.25, 0.3) is 0 Å². The lowest BCUT2D eigenvalue weighted by atomic mass is 9.90. The second-order valence-electron chi connectivity index (χ2n) is 6.62. The quantitative estimate of drug-likeness (QED) is 0.639. The van der Waals surface area contributed by atoms with E-state index in [-0.39, 0.29) is 18.1 Å². The molecule has 0 saturated heterocycles. The summed E-state index contributed by atoms with van der Waals surface area (Å²) in [6.07, 6.45) is 2.48. The van der Waals surface area contributed by atoms with Crippen LogP contribution in [-0.2, 0) is 13.5 Å². The zero-order valence-corrected chi connectivity index (χ0v) is 14.5. The predicted octanol–water partition coefficient (Wildman–Crippen LogP) is 1.68. The van der Waals surface area contributed by atoms with E-state index in [1.165, 1.54) is 11.3 Å². The Morgan fingerprint density at radius 2 is 2.00 bits per heavy atom. The smallest absolute Gasteiger partial charge is 0.314 e. The maximum atomic E-state index is 11.7. The van der Waals surface area contributed by atoms with Crippen LogP contribution >= 0.6 is 0 Å². The van der Waals surface area contributed by atoms with Crippen molar-refractivity contribution in [2.24, 2.45) is 12.5 Å². The minimum absolute atomic E-state index is 0.0873. The van der Waals surface area contributed by atoms with Gasteiger partial charge in [-0.1, -0.05) is 13.8 Å². The number of hydrogen-bond acceptors (Lipinski definition) is 3. The highest BCUT2D eigenvalue weighted by Gasteiger charge is 2.17. The van der Waals surface area contributed by atoms with Crippen LogP contribution in [0, 0.1) is 19.3 Å². The molecule has 0 aliphatic rings. The molecule has 0 bridgehead atoms. The van der Waals surface area contributed by atoms with Crippen molar-refractivity contribution >= 4 is 6.03 Å². The summed E-state index contributed by atoms with van der Waals surface area (Å²) in [5, 5.41) is 19.1. The minimum Gasteiger partial charge on any atom is -0.396 e. The van der Waals surface area contributed by atoms with Crippen molar-refractivity contribution in [2.75, 3.05) is 19.7 Å². The van der Waals surface area contributed by atoms with Crippen molar-refractivity contribution in [1.82, 2.24) is 20.4 Å². The Balaban J connectivity index is 2.25. The predicted molar refractivity (Wildman–Crippen MR) is 87.9 cm³/mol. The number of hydrogen-bond donors (Lipinski definition) is 3. The summed E-state index contributed by atoms with van der Waals surface area (Å²) in [6, 6.07) is -0.148. The standard InChI is InChI=1S/C16H30N4O2/c1-12-14(13(2)20(5)19-12)7-6-9-17-15(22)18-11-16(3,4)8-10-21/h21H,6-11H2,1-5H3,(H2,17,18,22). The van der Waals surface area contributed by atoms with Gasteiger partial charge < -0.3 is 15.7 Å². The van der Waals surface area contributed by atoms with Gasteiger partial charge >= 0.3 is 6.03 Å². The molecule has 6 nitrogen and oxygen atoms in total. The monoisotopic (exact) mass is 310 g/mol. The van der Waals surface area contributed by atoms with Gasteiger partial charge in [-0.05, 0) is 44.1 Å². The van der Waals surface area contributed by atoms with E-state index in [4.69, 9.17) is 5.11 Å². The highest BCUT2D eigenvalue weighted by molar-refractivity contribution is 5.73. The molecule has 6 heteroatoms. The molecular formula is C16H30N4O2. The number of amides is 2. The van der Waals surface area contributed by atoms with E-state index < -0.39 is 0 Å². The van der Waals surface area contributed by atoms with Crippen LogP contribution in [0.3, 0.4) is 0 Å². The van der Waals surface area contributed by atoms with Gasteiger partial charge in [0.25, 0.3) is 0 Å². The molecule has 0 fully saturated rings. The molecular weight excluding hydrogens is 280 g/mol. The Kier molecular flexibility index (Phi) is 6.87. The Hall–Kier alpha value is -1.56. The van der Waals surface area contributed by atoms with Gasteiger partial charge in [-0.2, -0.15) is 5.10 Å². The summed E-state index contributed by atoms with van der Waals surface area (Å²) in [6.45, 7) is 9.47. The fourth-order valence-electron chi connectivity index (χ4n) is 2.42. The molecule has 0 aromatic carbocycles. The second-order valence-corrected chi connectivity index (χ2v) is 6.62. The molecule has 0 unspecified atom stereocenters. The van der Waals surface area contributed by atoms with Crippen LogP contribution in [0.4, 0.5) is 4.79 Å². The molecule has 0 aliphatic carbocycles. The third-order valence-corrected chi connectivity index (χ3v) is 4.06. The fourth-order valence-corrected chi connectivity index (χ4v) is 2.42. The third-order valence-electron chi connectivity index (χ3n) is 4.06. The van der Waals surface area contributed by atoms with Crippen LogP contribution in [0.2, 0.25) is 0 Å². The molecule has 1 aromatic heterocycles. The Morgan fingerprint density at radius 3 is 2.55 bits per heavy atom. The average molecular weight is 310 g/mol.